The number of hydrogen-bond acceptors (Lipinski definition) is 4. The molecular weight excluding hydrogens is 450 g/mol. The fourth-order valence-corrected chi connectivity index (χ4v) is 5.46. The Morgan fingerprint density at radius 3 is 2.41 bits per heavy atom. The summed E-state index contributed by atoms with van der Waals surface area (Å²) < 4.78 is 26.8. The average Bonchev–Trinajstić information content (AvgIpc) is 2.78. The van der Waals surface area contributed by atoms with Crippen molar-refractivity contribution in [2.45, 2.75) is 31.9 Å². The molecule has 3 rings (SSSR count). The van der Waals surface area contributed by atoms with Crippen molar-refractivity contribution >= 4 is 39.1 Å². The molecule has 0 saturated carbocycles. The average molecular weight is 478 g/mol. The van der Waals surface area contributed by atoms with Gasteiger partial charge in [-0.2, -0.15) is 0 Å². The molecular formula is C23H28ClN3O4S. The number of carbonyl (C=O) groups is 2. The minimum atomic E-state index is -3.42. The van der Waals surface area contributed by atoms with Crippen LogP contribution in [0.5, 0.6) is 0 Å². The Hall–Kier alpha value is -2.42. The Kier molecular flexibility index (Phi) is 8.28. The Labute approximate surface area is 194 Å². The van der Waals surface area contributed by atoms with Gasteiger partial charge in [-0.15, -0.1) is 0 Å². The predicted molar refractivity (Wildman–Crippen MR) is 126 cm³/mol. The number of carbonyl (C=O) groups excluding carboxylic acids is 2. The van der Waals surface area contributed by atoms with Gasteiger partial charge in [0.15, 0.2) is 0 Å². The van der Waals surface area contributed by atoms with Crippen LogP contribution in [0.3, 0.4) is 0 Å². The van der Waals surface area contributed by atoms with E-state index in [1.54, 1.807) is 30.3 Å². The van der Waals surface area contributed by atoms with Gasteiger partial charge < -0.3 is 10.6 Å². The molecule has 9 heteroatoms. The lowest BCUT2D eigenvalue weighted by Crippen LogP contribution is -2.41. The molecule has 1 fully saturated rings. The molecule has 2 N–H and O–H groups in total. The first-order valence-electron chi connectivity index (χ1n) is 10.7. The Bertz CT molecular complexity index is 1050. The third-order valence-electron chi connectivity index (χ3n) is 5.43. The quantitative estimate of drug-likeness (QED) is 0.606. The van der Waals surface area contributed by atoms with E-state index in [2.05, 4.69) is 10.6 Å². The van der Waals surface area contributed by atoms with E-state index < -0.39 is 10.0 Å². The van der Waals surface area contributed by atoms with E-state index in [4.69, 9.17) is 11.6 Å². The first kappa shape index (κ1) is 24.2. The second-order valence-electron chi connectivity index (χ2n) is 7.85. The van der Waals surface area contributed by atoms with Crippen LogP contribution >= 0.6 is 11.6 Å². The number of rotatable bonds is 8. The minimum Gasteiger partial charge on any atom is -0.352 e. The van der Waals surface area contributed by atoms with Crippen LogP contribution in [0.4, 0.5) is 5.69 Å². The molecule has 0 bridgehead atoms. The maximum absolute atomic E-state index is 12.7. The standard InChI is InChI=1S/C23H28ClN3O4S/c1-2-12-25-23(29)20-9-8-19(15-21(20)24)26-22(28)18-10-13-27(14-11-18)32(30,31)16-17-6-4-3-5-7-17/h3-9,15,18H,2,10-14,16H2,1H3,(H,25,29)(H,26,28). The van der Waals surface area contributed by atoms with Crippen molar-refractivity contribution in [3.05, 3.63) is 64.7 Å². The number of halogens is 1. The van der Waals surface area contributed by atoms with Gasteiger partial charge in [-0.25, -0.2) is 12.7 Å². The molecule has 1 heterocycles. The molecule has 2 aromatic carbocycles. The molecule has 0 aliphatic carbocycles. The van der Waals surface area contributed by atoms with Crippen LogP contribution in [0.15, 0.2) is 48.5 Å². The van der Waals surface area contributed by atoms with E-state index >= 15 is 0 Å². The fourth-order valence-electron chi connectivity index (χ4n) is 3.63. The zero-order valence-electron chi connectivity index (χ0n) is 18.0. The van der Waals surface area contributed by atoms with E-state index in [0.29, 0.717) is 43.7 Å². The van der Waals surface area contributed by atoms with Gasteiger partial charge in [0, 0.05) is 31.2 Å². The molecule has 1 aliphatic rings. The highest BCUT2D eigenvalue weighted by Gasteiger charge is 2.31. The summed E-state index contributed by atoms with van der Waals surface area (Å²) in [4.78, 5) is 24.8. The van der Waals surface area contributed by atoms with Crippen molar-refractivity contribution in [3.63, 3.8) is 0 Å². The lowest BCUT2D eigenvalue weighted by molar-refractivity contribution is -0.120. The van der Waals surface area contributed by atoms with Gasteiger partial charge in [0.05, 0.1) is 16.3 Å². The van der Waals surface area contributed by atoms with E-state index in [1.165, 1.54) is 4.31 Å². The third kappa shape index (κ3) is 6.31. The number of piperidine rings is 1. The van der Waals surface area contributed by atoms with Crippen LogP contribution < -0.4 is 10.6 Å². The normalized spacial score (nSPS) is 15.3. The van der Waals surface area contributed by atoms with Gasteiger partial charge in [0.25, 0.3) is 5.91 Å². The van der Waals surface area contributed by atoms with E-state index in [-0.39, 0.29) is 28.5 Å². The lowest BCUT2D eigenvalue weighted by atomic mass is 9.97. The number of nitrogens with zero attached hydrogens (tertiary/aromatic N) is 1. The van der Waals surface area contributed by atoms with Gasteiger partial charge in [-0.05, 0) is 43.0 Å². The van der Waals surface area contributed by atoms with Gasteiger partial charge in [0.2, 0.25) is 15.9 Å². The van der Waals surface area contributed by atoms with Gasteiger partial charge in [-0.3, -0.25) is 9.59 Å². The van der Waals surface area contributed by atoms with Gasteiger partial charge in [-0.1, -0.05) is 48.9 Å². The summed E-state index contributed by atoms with van der Waals surface area (Å²) in [5, 5.41) is 5.86. The Morgan fingerprint density at radius 1 is 1.09 bits per heavy atom. The van der Waals surface area contributed by atoms with Crippen molar-refractivity contribution in [1.82, 2.24) is 9.62 Å². The summed E-state index contributed by atoms with van der Waals surface area (Å²) in [5.41, 5.74) is 1.61. The summed E-state index contributed by atoms with van der Waals surface area (Å²) in [6.45, 7) is 3.15. The van der Waals surface area contributed by atoms with Crippen LogP contribution in [0.1, 0.15) is 42.1 Å². The van der Waals surface area contributed by atoms with Crippen molar-refractivity contribution in [3.8, 4) is 0 Å². The summed E-state index contributed by atoms with van der Waals surface area (Å²) in [6, 6.07) is 13.9. The van der Waals surface area contributed by atoms with E-state index in [9.17, 15) is 18.0 Å². The number of hydrogen-bond donors (Lipinski definition) is 2. The molecule has 1 aliphatic heterocycles. The molecule has 2 amide bonds. The number of amides is 2. The second kappa shape index (κ2) is 10.9. The van der Waals surface area contributed by atoms with Crippen LogP contribution in [-0.2, 0) is 20.6 Å². The van der Waals surface area contributed by atoms with Gasteiger partial charge in [0.1, 0.15) is 0 Å². The smallest absolute Gasteiger partial charge is 0.252 e. The van der Waals surface area contributed by atoms with Crippen LogP contribution in [0.25, 0.3) is 0 Å². The topological polar surface area (TPSA) is 95.6 Å². The summed E-state index contributed by atoms with van der Waals surface area (Å²) in [5.74, 6) is -0.755. The van der Waals surface area contributed by atoms with E-state index in [1.807, 2.05) is 25.1 Å². The molecule has 0 aromatic heterocycles. The maximum Gasteiger partial charge on any atom is 0.252 e. The second-order valence-corrected chi connectivity index (χ2v) is 10.2. The summed E-state index contributed by atoms with van der Waals surface area (Å²) in [6.07, 6.45) is 1.72. The lowest BCUT2D eigenvalue weighted by Gasteiger charge is -2.30. The van der Waals surface area contributed by atoms with Crippen LogP contribution in [0, 0.1) is 5.92 Å². The van der Waals surface area contributed by atoms with Crippen LogP contribution in [0.2, 0.25) is 5.02 Å². The largest absolute Gasteiger partial charge is 0.352 e. The Morgan fingerprint density at radius 2 is 1.78 bits per heavy atom. The van der Waals surface area contributed by atoms with Gasteiger partial charge >= 0.3 is 0 Å². The Balaban J connectivity index is 1.54. The first-order chi connectivity index (χ1) is 15.3. The maximum atomic E-state index is 12.7. The third-order valence-corrected chi connectivity index (χ3v) is 7.59. The zero-order valence-corrected chi connectivity index (χ0v) is 19.6. The fraction of sp³-hybridized carbons (Fsp3) is 0.391. The highest BCUT2D eigenvalue weighted by molar-refractivity contribution is 7.88. The number of sulfonamides is 1. The number of anilines is 1. The molecule has 172 valence electrons. The molecule has 1 saturated heterocycles. The molecule has 32 heavy (non-hydrogen) atoms. The summed E-state index contributed by atoms with van der Waals surface area (Å²) in [7, 11) is -3.42. The molecule has 2 aromatic rings. The molecule has 7 nitrogen and oxygen atoms in total. The number of nitrogens with one attached hydrogen (secondary N) is 2. The van der Waals surface area contributed by atoms with Crippen molar-refractivity contribution in [2.75, 3.05) is 25.0 Å². The summed E-state index contributed by atoms with van der Waals surface area (Å²) >= 11 is 6.22. The van der Waals surface area contributed by atoms with Crippen LogP contribution in [-0.4, -0.2) is 44.2 Å². The molecule has 0 unspecified atom stereocenters. The zero-order chi connectivity index (χ0) is 23.1. The highest BCUT2D eigenvalue weighted by atomic mass is 35.5. The van der Waals surface area contributed by atoms with Crippen molar-refractivity contribution < 1.29 is 18.0 Å². The highest BCUT2D eigenvalue weighted by Crippen LogP contribution is 2.25. The number of benzene rings is 2. The minimum absolute atomic E-state index is 0.0403. The first-order valence-corrected chi connectivity index (χ1v) is 12.7. The molecule has 0 radical (unpaired) electrons. The van der Waals surface area contributed by atoms with Crippen molar-refractivity contribution in [1.29, 1.82) is 0 Å². The monoisotopic (exact) mass is 477 g/mol. The van der Waals surface area contributed by atoms with E-state index in [0.717, 1.165) is 12.0 Å². The predicted octanol–water partition coefficient (Wildman–Crippen LogP) is 3.66. The molecule has 0 spiro atoms. The van der Waals surface area contributed by atoms with Crippen molar-refractivity contribution in [2.24, 2.45) is 5.92 Å². The SMILES string of the molecule is CCCNC(=O)c1ccc(NC(=O)C2CCN(S(=O)(=O)Cc3ccccc3)CC2)cc1Cl. The molecule has 0 atom stereocenters.